The maximum Gasteiger partial charge on any atom is 0.129 e. The summed E-state index contributed by atoms with van der Waals surface area (Å²) in [4.78, 5) is 11.0. The highest BCUT2D eigenvalue weighted by molar-refractivity contribution is 5.75. The number of Topliss-reactive ketones (excluding diaryl/α,β-unsaturated/α-hetero) is 1. The van der Waals surface area contributed by atoms with E-state index >= 15 is 0 Å². The van der Waals surface area contributed by atoms with Crippen molar-refractivity contribution < 1.29 is 9.53 Å². The molecule has 0 saturated carbocycles. The average Bonchev–Trinajstić information content (AvgIpc) is 2.30. The summed E-state index contributed by atoms with van der Waals surface area (Å²) in [5.41, 5.74) is 1.16. The fourth-order valence-corrected chi connectivity index (χ4v) is 1.68. The van der Waals surface area contributed by atoms with E-state index in [4.69, 9.17) is 4.74 Å². The fraction of sp³-hybridized carbons (Fsp3) is 0.462. The van der Waals surface area contributed by atoms with E-state index in [2.05, 4.69) is 5.32 Å². The standard InChI is InChI=1S/C13H19NO2/c1-10(15)7-8-13(14-2)11-5-4-6-12(9-11)16-3/h4-6,9,13-14H,7-8H2,1-3H3. The van der Waals surface area contributed by atoms with Crippen LogP contribution in [0.2, 0.25) is 0 Å². The minimum atomic E-state index is 0.207. The van der Waals surface area contributed by atoms with E-state index < -0.39 is 0 Å². The van der Waals surface area contributed by atoms with E-state index in [9.17, 15) is 4.79 Å². The number of ketones is 1. The van der Waals surface area contributed by atoms with Gasteiger partial charge in [-0.25, -0.2) is 0 Å². The zero-order chi connectivity index (χ0) is 12.0. The Morgan fingerprint density at radius 1 is 1.50 bits per heavy atom. The van der Waals surface area contributed by atoms with Crippen molar-refractivity contribution in [1.29, 1.82) is 0 Å². The van der Waals surface area contributed by atoms with Crippen molar-refractivity contribution in [2.45, 2.75) is 25.8 Å². The molecule has 0 bridgehead atoms. The maximum atomic E-state index is 11.0. The highest BCUT2D eigenvalue weighted by Crippen LogP contribution is 2.22. The number of hydrogen-bond donors (Lipinski definition) is 1. The molecule has 3 heteroatoms. The minimum Gasteiger partial charge on any atom is -0.497 e. The molecule has 0 fully saturated rings. The average molecular weight is 221 g/mol. The highest BCUT2D eigenvalue weighted by atomic mass is 16.5. The second-order valence-electron chi connectivity index (χ2n) is 3.86. The van der Waals surface area contributed by atoms with Crippen molar-refractivity contribution in [3.05, 3.63) is 29.8 Å². The van der Waals surface area contributed by atoms with Gasteiger partial charge in [0.2, 0.25) is 0 Å². The van der Waals surface area contributed by atoms with Crippen LogP contribution in [0.15, 0.2) is 24.3 Å². The Morgan fingerprint density at radius 2 is 2.25 bits per heavy atom. The van der Waals surface area contributed by atoms with Crippen LogP contribution < -0.4 is 10.1 Å². The number of nitrogens with one attached hydrogen (secondary N) is 1. The summed E-state index contributed by atoms with van der Waals surface area (Å²) in [7, 11) is 3.56. The molecule has 0 saturated heterocycles. The van der Waals surface area contributed by atoms with Gasteiger partial charge in [-0.3, -0.25) is 0 Å². The molecule has 0 aliphatic rings. The largest absolute Gasteiger partial charge is 0.497 e. The van der Waals surface area contributed by atoms with Crippen molar-refractivity contribution in [3.63, 3.8) is 0 Å². The van der Waals surface area contributed by atoms with E-state index in [-0.39, 0.29) is 11.8 Å². The number of carbonyl (C=O) groups excluding carboxylic acids is 1. The highest BCUT2D eigenvalue weighted by Gasteiger charge is 2.10. The van der Waals surface area contributed by atoms with E-state index in [1.807, 2.05) is 31.3 Å². The Bertz CT molecular complexity index is 350. The molecule has 1 atom stereocenters. The molecule has 1 aromatic rings. The van der Waals surface area contributed by atoms with Crippen molar-refractivity contribution in [2.24, 2.45) is 0 Å². The predicted octanol–water partition coefficient (Wildman–Crippen LogP) is 2.32. The first-order valence-electron chi connectivity index (χ1n) is 5.48. The van der Waals surface area contributed by atoms with Crippen LogP contribution in [0.25, 0.3) is 0 Å². The summed E-state index contributed by atoms with van der Waals surface area (Å²) >= 11 is 0. The molecule has 0 aliphatic carbocycles. The Morgan fingerprint density at radius 3 is 2.81 bits per heavy atom. The topological polar surface area (TPSA) is 38.3 Å². The van der Waals surface area contributed by atoms with Gasteiger partial charge in [-0.05, 0) is 38.1 Å². The van der Waals surface area contributed by atoms with Crippen LogP contribution in [0.5, 0.6) is 5.75 Å². The third kappa shape index (κ3) is 3.66. The summed E-state index contributed by atoms with van der Waals surface area (Å²) < 4.78 is 5.18. The van der Waals surface area contributed by atoms with Crippen LogP contribution in [0, 0.1) is 0 Å². The fourth-order valence-electron chi connectivity index (χ4n) is 1.68. The molecule has 1 rings (SSSR count). The van der Waals surface area contributed by atoms with E-state index in [0.717, 1.165) is 17.7 Å². The third-order valence-corrected chi connectivity index (χ3v) is 2.63. The van der Waals surface area contributed by atoms with Crippen molar-refractivity contribution >= 4 is 5.78 Å². The van der Waals surface area contributed by atoms with Crippen molar-refractivity contribution in [1.82, 2.24) is 5.32 Å². The summed E-state index contributed by atoms with van der Waals surface area (Å²) in [6.07, 6.45) is 1.42. The molecule has 1 unspecified atom stereocenters. The van der Waals surface area contributed by atoms with Gasteiger partial charge >= 0.3 is 0 Å². The molecule has 1 N–H and O–H groups in total. The first-order chi connectivity index (χ1) is 7.67. The number of methoxy groups -OCH3 is 1. The van der Waals surface area contributed by atoms with E-state index in [1.165, 1.54) is 0 Å². The Labute approximate surface area is 96.8 Å². The summed E-state index contributed by atoms with van der Waals surface area (Å²) in [5, 5.41) is 3.22. The molecular formula is C13H19NO2. The first-order valence-corrected chi connectivity index (χ1v) is 5.48. The van der Waals surface area contributed by atoms with Crippen LogP contribution in [0.3, 0.4) is 0 Å². The van der Waals surface area contributed by atoms with Crippen molar-refractivity contribution in [3.8, 4) is 5.75 Å². The monoisotopic (exact) mass is 221 g/mol. The second kappa shape index (κ2) is 6.28. The van der Waals surface area contributed by atoms with E-state index in [0.29, 0.717) is 6.42 Å². The molecule has 0 aliphatic heterocycles. The van der Waals surface area contributed by atoms with Gasteiger partial charge in [0.25, 0.3) is 0 Å². The number of hydrogen-bond acceptors (Lipinski definition) is 3. The Kier molecular flexibility index (Phi) is 4.99. The Balaban J connectivity index is 2.73. The molecule has 1 aromatic carbocycles. The zero-order valence-corrected chi connectivity index (χ0v) is 10.1. The summed E-state index contributed by atoms with van der Waals surface area (Å²) in [5.74, 6) is 1.07. The zero-order valence-electron chi connectivity index (χ0n) is 10.1. The predicted molar refractivity (Wildman–Crippen MR) is 64.7 cm³/mol. The smallest absolute Gasteiger partial charge is 0.129 e. The van der Waals surface area contributed by atoms with Gasteiger partial charge in [-0.2, -0.15) is 0 Å². The summed E-state index contributed by atoms with van der Waals surface area (Å²) in [6.45, 7) is 1.62. The molecule has 0 amide bonds. The Hall–Kier alpha value is -1.35. The lowest BCUT2D eigenvalue weighted by Crippen LogP contribution is -2.17. The van der Waals surface area contributed by atoms with Crippen LogP contribution >= 0.6 is 0 Å². The lowest BCUT2D eigenvalue weighted by Gasteiger charge is -2.16. The van der Waals surface area contributed by atoms with Gasteiger partial charge in [-0.15, -0.1) is 0 Å². The molecule has 0 aromatic heterocycles. The summed E-state index contributed by atoms with van der Waals surface area (Å²) in [6, 6.07) is 8.14. The molecule has 88 valence electrons. The van der Waals surface area contributed by atoms with Crippen LogP contribution in [-0.2, 0) is 4.79 Å². The minimum absolute atomic E-state index is 0.207. The molecular weight excluding hydrogens is 202 g/mol. The number of ether oxygens (including phenoxy) is 1. The van der Waals surface area contributed by atoms with Gasteiger partial charge in [0.1, 0.15) is 11.5 Å². The molecule has 0 radical (unpaired) electrons. The number of rotatable bonds is 6. The van der Waals surface area contributed by atoms with Gasteiger partial charge < -0.3 is 14.8 Å². The molecule has 3 nitrogen and oxygen atoms in total. The lowest BCUT2D eigenvalue weighted by molar-refractivity contribution is -0.117. The van der Waals surface area contributed by atoms with Crippen LogP contribution in [0.4, 0.5) is 0 Å². The lowest BCUT2D eigenvalue weighted by atomic mass is 10.0. The molecule has 0 spiro atoms. The number of carbonyl (C=O) groups is 1. The second-order valence-corrected chi connectivity index (χ2v) is 3.86. The normalized spacial score (nSPS) is 12.2. The van der Waals surface area contributed by atoms with E-state index in [1.54, 1.807) is 14.0 Å². The van der Waals surface area contributed by atoms with Crippen molar-refractivity contribution in [2.75, 3.05) is 14.2 Å². The first kappa shape index (κ1) is 12.7. The maximum absolute atomic E-state index is 11.0. The molecule has 0 heterocycles. The van der Waals surface area contributed by atoms with Gasteiger partial charge in [0, 0.05) is 12.5 Å². The van der Waals surface area contributed by atoms with Gasteiger partial charge in [0.05, 0.1) is 7.11 Å². The molecule has 16 heavy (non-hydrogen) atoms. The van der Waals surface area contributed by atoms with Crippen LogP contribution in [0.1, 0.15) is 31.4 Å². The van der Waals surface area contributed by atoms with Gasteiger partial charge in [0.15, 0.2) is 0 Å². The van der Waals surface area contributed by atoms with Gasteiger partial charge in [-0.1, -0.05) is 12.1 Å². The third-order valence-electron chi connectivity index (χ3n) is 2.63. The SMILES string of the molecule is CNC(CCC(C)=O)c1cccc(OC)c1. The van der Waals surface area contributed by atoms with Crippen LogP contribution in [-0.4, -0.2) is 19.9 Å². The quantitative estimate of drug-likeness (QED) is 0.801. The number of benzene rings is 1.